The van der Waals surface area contributed by atoms with Crippen molar-refractivity contribution in [3.05, 3.63) is 11.6 Å². The summed E-state index contributed by atoms with van der Waals surface area (Å²) in [6.45, 7) is 2.14. The smallest absolute Gasteiger partial charge is 0.0546 e. The van der Waals surface area contributed by atoms with E-state index in [0.717, 1.165) is 0 Å². The van der Waals surface area contributed by atoms with Gasteiger partial charge >= 0.3 is 0 Å². The molecule has 70 valence electrons. The second-order valence-corrected chi connectivity index (χ2v) is 3.69. The molecule has 1 unspecified atom stereocenters. The number of allylic oxidation sites excluding steroid dienone is 2. The van der Waals surface area contributed by atoms with E-state index in [1.165, 1.54) is 38.5 Å². The second kappa shape index (κ2) is 5.36. The molecule has 0 N–H and O–H groups in total. The molecular formula is C11H20O. The summed E-state index contributed by atoms with van der Waals surface area (Å²) in [5.41, 5.74) is 1.66. The Kier molecular flexibility index (Phi) is 4.37. The van der Waals surface area contributed by atoms with Gasteiger partial charge in [-0.25, -0.2) is 0 Å². The minimum atomic E-state index is 0.424. The third-order valence-electron chi connectivity index (χ3n) is 2.66. The van der Waals surface area contributed by atoms with Crippen LogP contribution in [0.15, 0.2) is 11.6 Å². The first-order chi connectivity index (χ1) is 5.83. The predicted molar refractivity (Wildman–Crippen MR) is 52.3 cm³/mol. The molecular weight excluding hydrogens is 148 g/mol. The summed E-state index contributed by atoms with van der Waals surface area (Å²) >= 11 is 0. The van der Waals surface area contributed by atoms with Crippen molar-refractivity contribution < 1.29 is 4.74 Å². The number of methoxy groups -OCH3 is 1. The molecule has 0 aliphatic heterocycles. The normalized spacial score (nSPS) is 20.3. The molecule has 0 amide bonds. The molecule has 0 radical (unpaired) electrons. The van der Waals surface area contributed by atoms with Gasteiger partial charge in [-0.1, -0.05) is 11.6 Å². The van der Waals surface area contributed by atoms with Crippen LogP contribution >= 0.6 is 0 Å². The Balaban J connectivity index is 2.17. The highest BCUT2D eigenvalue weighted by atomic mass is 16.5. The Labute approximate surface area is 75.8 Å². The zero-order chi connectivity index (χ0) is 8.81. The van der Waals surface area contributed by atoms with Crippen LogP contribution in [-0.4, -0.2) is 13.2 Å². The highest BCUT2D eigenvalue weighted by Crippen LogP contribution is 2.22. The Hall–Kier alpha value is -0.300. The van der Waals surface area contributed by atoms with Crippen molar-refractivity contribution >= 4 is 0 Å². The van der Waals surface area contributed by atoms with Crippen LogP contribution in [0.4, 0.5) is 0 Å². The molecule has 0 aromatic rings. The van der Waals surface area contributed by atoms with Crippen LogP contribution in [0.2, 0.25) is 0 Å². The van der Waals surface area contributed by atoms with E-state index in [1.807, 2.05) is 0 Å². The largest absolute Gasteiger partial charge is 0.382 e. The Morgan fingerprint density at radius 1 is 1.50 bits per heavy atom. The molecule has 0 heterocycles. The van der Waals surface area contributed by atoms with Gasteiger partial charge in [-0.15, -0.1) is 0 Å². The van der Waals surface area contributed by atoms with E-state index in [-0.39, 0.29) is 0 Å². The van der Waals surface area contributed by atoms with E-state index >= 15 is 0 Å². The second-order valence-electron chi connectivity index (χ2n) is 3.69. The number of ether oxygens (including phenoxy) is 1. The first-order valence-electron chi connectivity index (χ1n) is 5.03. The molecule has 1 atom stereocenters. The maximum Gasteiger partial charge on any atom is 0.0546 e. The fourth-order valence-corrected chi connectivity index (χ4v) is 1.64. The number of hydrogen-bond acceptors (Lipinski definition) is 1. The average Bonchev–Trinajstić information content (AvgIpc) is 2.16. The van der Waals surface area contributed by atoms with Gasteiger partial charge in [0.2, 0.25) is 0 Å². The lowest BCUT2D eigenvalue weighted by atomic mass is 9.95. The van der Waals surface area contributed by atoms with Crippen LogP contribution in [-0.2, 0) is 4.74 Å². The molecule has 0 saturated carbocycles. The van der Waals surface area contributed by atoms with Crippen molar-refractivity contribution in [3.63, 3.8) is 0 Å². The predicted octanol–water partition coefficient (Wildman–Crippen LogP) is 3.30. The van der Waals surface area contributed by atoms with Crippen molar-refractivity contribution in [2.45, 2.75) is 51.6 Å². The summed E-state index contributed by atoms with van der Waals surface area (Å²) in [6, 6.07) is 0. The molecule has 0 bridgehead atoms. The summed E-state index contributed by atoms with van der Waals surface area (Å²) < 4.78 is 5.21. The first kappa shape index (κ1) is 9.79. The molecule has 1 heteroatoms. The van der Waals surface area contributed by atoms with Crippen molar-refractivity contribution in [2.75, 3.05) is 7.11 Å². The third-order valence-corrected chi connectivity index (χ3v) is 2.66. The van der Waals surface area contributed by atoms with Crippen molar-refractivity contribution in [1.82, 2.24) is 0 Å². The Morgan fingerprint density at radius 3 is 2.92 bits per heavy atom. The lowest BCUT2D eigenvalue weighted by Crippen LogP contribution is -2.05. The maximum atomic E-state index is 5.21. The summed E-state index contributed by atoms with van der Waals surface area (Å²) in [7, 11) is 1.79. The van der Waals surface area contributed by atoms with Gasteiger partial charge in [0.15, 0.2) is 0 Å². The highest BCUT2D eigenvalue weighted by molar-refractivity contribution is 5.04. The molecule has 0 fully saturated rings. The van der Waals surface area contributed by atoms with E-state index in [1.54, 1.807) is 12.7 Å². The van der Waals surface area contributed by atoms with E-state index in [0.29, 0.717) is 6.10 Å². The number of rotatable bonds is 4. The van der Waals surface area contributed by atoms with E-state index in [2.05, 4.69) is 13.0 Å². The first-order valence-corrected chi connectivity index (χ1v) is 5.03. The van der Waals surface area contributed by atoms with Crippen LogP contribution < -0.4 is 0 Å². The van der Waals surface area contributed by atoms with E-state index in [4.69, 9.17) is 4.74 Å². The maximum absolute atomic E-state index is 5.21. The monoisotopic (exact) mass is 168 g/mol. The zero-order valence-corrected chi connectivity index (χ0v) is 8.31. The fourth-order valence-electron chi connectivity index (χ4n) is 1.64. The zero-order valence-electron chi connectivity index (χ0n) is 8.31. The molecule has 0 spiro atoms. The lowest BCUT2D eigenvalue weighted by molar-refractivity contribution is 0.111. The minimum absolute atomic E-state index is 0.424. The van der Waals surface area contributed by atoms with Crippen LogP contribution in [0.25, 0.3) is 0 Å². The molecule has 1 aliphatic carbocycles. The lowest BCUT2D eigenvalue weighted by Gasteiger charge is -2.14. The fraction of sp³-hybridized carbons (Fsp3) is 0.818. The van der Waals surface area contributed by atoms with E-state index < -0.39 is 0 Å². The number of hydrogen-bond donors (Lipinski definition) is 0. The average molecular weight is 168 g/mol. The van der Waals surface area contributed by atoms with Gasteiger partial charge < -0.3 is 4.74 Å². The molecule has 1 nitrogen and oxygen atoms in total. The Bertz CT molecular complexity index is 149. The Morgan fingerprint density at radius 2 is 2.33 bits per heavy atom. The van der Waals surface area contributed by atoms with Gasteiger partial charge in [0.1, 0.15) is 0 Å². The molecule has 0 aromatic carbocycles. The van der Waals surface area contributed by atoms with Crippen LogP contribution in [0.5, 0.6) is 0 Å². The molecule has 12 heavy (non-hydrogen) atoms. The van der Waals surface area contributed by atoms with Gasteiger partial charge in [0.25, 0.3) is 0 Å². The summed E-state index contributed by atoms with van der Waals surface area (Å²) in [4.78, 5) is 0. The third kappa shape index (κ3) is 3.40. The standard InChI is InChI=1S/C11H20O/c1-10(12-2)8-9-11-6-4-3-5-7-11/h6,10H,3-5,7-9H2,1-2H3. The summed E-state index contributed by atoms with van der Waals surface area (Å²) in [5, 5.41) is 0. The van der Waals surface area contributed by atoms with Gasteiger partial charge in [-0.3, -0.25) is 0 Å². The van der Waals surface area contributed by atoms with Crippen LogP contribution in [0.1, 0.15) is 45.4 Å². The summed E-state index contributed by atoms with van der Waals surface area (Å²) in [6.07, 6.45) is 10.7. The van der Waals surface area contributed by atoms with Crippen molar-refractivity contribution in [3.8, 4) is 0 Å². The topological polar surface area (TPSA) is 9.23 Å². The quantitative estimate of drug-likeness (QED) is 0.585. The van der Waals surface area contributed by atoms with Gasteiger partial charge in [-0.05, 0) is 45.4 Å². The minimum Gasteiger partial charge on any atom is -0.382 e. The highest BCUT2D eigenvalue weighted by Gasteiger charge is 2.05. The summed E-state index contributed by atoms with van der Waals surface area (Å²) in [5.74, 6) is 0. The van der Waals surface area contributed by atoms with Crippen molar-refractivity contribution in [1.29, 1.82) is 0 Å². The van der Waals surface area contributed by atoms with Gasteiger partial charge in [0, 0.05) is 7.11 Å². The molecule has 0 aromatic heterocycles. The van der Waals surface area contributed by atoms with Crippen LogP contribution in [0, 0.1) is 0 Å². The van der Waals surface area contributed by atoms with Gasteiger partial charge in [-0.2, -0.15) is 0 Å². The van der Waals surface area contributed by atoms with Crippen LogP contribution in [0.3, 0.4) is 0 Å². The SMILES string of the molecule is COC(C)CCC1=CCCCC1. The molecule has 1 rings (SSSR count). The van der Waals surface area contributed by atoms with E-state index in [9.17, 15) is 0 Å². The van der Waals surface area contributed by atoms with Crippen molar-refractivity contribution in [2.24, 2.45) is 0 Å². The molecule has 0 saturated heterocycles. The molecule has 1 aliphatic rings. The van der Waals surface area contributed by atoms with Gasteiger partial charge in [0.05, 0.1) is 6.10 Å².